The summed E-state index contributed by atoms with van der Waals surface area (Å²) in [6.07, 6.45) is -0.144. The lowest BCUT2D eigenvalue weighted by Crippen LogP contribution is -1.97. The van der Waals surface area contributed by atoms with Gasteiger partial charge in [-0.25, -0.2) is 0 Å². The maximum absolute atomic E-state index is 11.2. The second-order valence-electron chi connectivity index (χ2n) is 2.45. The van der Waals surface area contributed by atoms with Crippen molar-refractivity contribution in [3.63, 3.8) is 0 Å². The first-order valence-electron chi connectivity index (χ1n) is 3.68. The summed E-state index contributed by atoms with van der Waals surface area (Å²) in [4.78, 5) is 11.2. The quantitative estimate of drug-likeness (QED) is 0.634. The van der Waals surface area contributed by atoms with E-state index in [1.54, 1.807) is 24.3 Å². The molecule has 0 N–H and O–H groups in total. The fourth-order valence-corrected chi connectivity index (χ4v) is 0.936. The standard InChI is InChI=1S/C10H6N2O/c11-5-4-10(13)9-3-1-2-8(6-9)7-12/h1-3,6H,4H2. The fraction of sp³-hybridized carbons (Fsp3) is 0.100. The van der Waals surface area contributed by atoms with Crippen molar-refractivity contribution in [2.24, 2.45) is 0 Å². The van der Waals surface area contributed by atoms with E-state index in [0.29, 0.717) is 11.1 Å². The summed E-state index contributed by atoms with van der Waals surface area (Å²) >= 11 is 0. The highest BCUT2D eigenvalue weighted by Crippen LogP contribution is 2.06. The Bertz CT molecular complexity index is 410. The van der Waals surface area contributed by atoms with E-state index in [-0.39, 0.29) is 12.2 Å². The van der Waals surface area contributed by atoms with Crippen molar-refractivity contribution in [2.45, 2.75) is 6.42 Å². The van der Waals surface area contributed by atoms with E-state index in [1.807, 2.05) is 6.07 Å². The molecule has 0 unspecified atom stereocenters. The topological polar surface area (TPSA) is 64.7 Å². The molecule has 62 valence electrons. The largest absolute Gasteiger partial charge is 0.293 e. The van der Waals surface area contributed by atoms with Crippen LogP contribution < -0.4 is 0 Å². The zero-order valence-electron chi connectivity index (χ0n) is 6.82. The zero-order valence-corrected chi connectivity index (χ0v) is 6.82. The summed E-state index contributed by atoms with van der Waals surface area (Å²) < 4.78 is 0. The molecule has 0 saturated carbocycles. The Kier molecular flexibility index (Phi) is 2.78. The van der Waals surface area contributed by atoms with E-state index >= 15 is 0 Å². The van der Waals surface area contributed by atoms with Crippen molar-refractivity contribution in [3.05, 3.63) is 35.4 Å². The van der Waals surface area contributed by atoms with Gasteiger partial charge in [-0.2, -0.15) is 10.5 Å². The zero-order chi connectivity index (χ0) is 9.68. The lowest BCUT2D eigenvalue weighted by Gasteiger charge is -1.95. The van der Waals surface area contributed by atoms with Crippen LogP contribution >= 0.6 is 0 Å². The van der Waals surface area contributed by atoms with Gasteiger partial charge in [0, 0.05) is 5.56 Å². The molecule has 0 amide bonds. The minimum absolute atomic E-state index is 0.144. The molecule has 3 nitrogen and oxygen atoms in total. The minimum atomic E-state index is -0.250. The van der Waals surface area contributed by atoms with Crippen molar-refractivity contribution < 1.29 is 4.79 Å². The van der Waals surface area contributed by atoms with Crippen molar-refractivity contribution in [1.82, 2.24) is 0 Å². The first-order chi connectivity index (χ1) is 6.27. The van der Waals surface area contributed by atoms with Gasteiger partial charge in [-0.15, -0.1) is 0 Å². The van der Waals surface area contributed by atoms with Crippen molar-refractivity contribution in [3.8, 4) is 12.1 Å². The highest BCUT2D eigenvalue weighted by Gasteiger charge is 2.04. The Labute approximate surface area is 75.8 Å². The third kappa shape index (κ3) is 2.15. The van der Waals surface area contributed by atoms with Crippen molar-refractivity contribution >= 4 is 5.78 Å². The van der Waals surface area contributed by atoms with E-state index in [0.717, 1.165) is 0 Å². The number of Topliss-reactive ketones (excluding diaryl/α,β-unsaturated/α-hetero) is 1. The van der Waals surface area contributed by atoms with Crippen molar-refractivity contribution in [1.29, 1.82) is 10.5 Å². The molecule has 1 rings (SSSR count). The number of hydrogen-bond donors (Lipinski definition) is 0. The monoisotopic (exact) mass is 170 g/mol. The number of carbonyl (C=O) groups excluding carboxylic acids is 1. The predicted molar refractivity (Wildman–Crippen MR) is 45.7 cm³/mol. The summed E-state index contributed by atoms with van der Waals surface area (Å²) in [5.74, 6) is -0.250. The minimum Gasteiger partial charge on any atom is -0.293 e. The molecule has 0 bridgehead atoms. The number of nitriles is 2. The summed E-state index contributed by atoms with van der Waals surface area (Å²) in [6.45, 7) is 0. The van der Waals surface area contributed by atoms with E-state index in [4.69, 9.17) is 10.5 Å². The SMILES string of the molecule is N#CCC(=O)c1cccc(C#N)c1. The molecule has 1 aromatic carbocycles. The Morgan fingerprint density at radius 2 is 2.15 bits per heavy atom. The first kappa shape index (κ1) is 8.96. The van der Waals surface area contributed by atoms with E-state index in [2.05, 4.69) is 0 Å². The third-order valence-corrected chi connectivity index (χ3v) is 1.55. The molecule has 0 aromatic heterocycles. The summed E-state index contributed by atoms with van der Waals surface area (Å²) in [6, 6.07) is 10.0. The Hall–Kier alpha value is -2.13. The van der Waals surface area contributed by atoms with Crippen molar-refractivity contribution in [2.75, 3.05) is 0 Å². The molecule has 0 aliphatic heterocycles. The molecule has 3 heteroatoms. The van der Waals surface area contributed by atoms with Crippen LogP contribution in [0.25, 0.3) is 0 Å². The van der Waals surface area contributed by atoms with E-state index in [1.165, 1.54) is 6.07 Å². The predicted octanol–water partition coefficient (Wildman–Crippen LogP) is 1.65. The van der Waals surface area contributed by atoms with Gasteiger partial charge in [-0.1, -0.05) is 12.1 Å². The van der Waals surface area contributed by atoms with E-state index < -0.39 is 0 Å². The summed E-state index contributed by atoms with van der Waals surface area (Å²) in [5, 5.41) is 16.8. The maximum atomic E-state index is 11.2. The van der Waals surface area contributed by atoms with Gasteiger partial charge in [0.2, 0.25) is 0 Å². The molecule has 0 atom stereocenters. The van der Waals surface area contributed by atoms with Gasteiger partial charge in [0.15, 0.2) is 5.78 Å². The molecule has 13 heavy (non-hydrogen) atoms. The van der Waals surface area contributed by atoms with Crippen LogP contribution in [0.15, 0.2) is 24.3 Å². The first-order valence-corrected chi connectivity index (χ1v) is 3.68. The van der Waals surface area contributed by atoms with Gasteiger partial charge in [-0.05, 0) is 12.1 Å². The second-order valence-corrected chi connectivity index (χ2v) is 2.45. The van der Waals surface area contributed by atoms with Gasteiger partial charge >= 0.3 is 0 Å². The van der Waals surface area contributed by atoms with Gasteiger partial charge in [0.25, 0.3) is 0 Å². The smallest absolute Gasteiger partial charge is 0.176 e. The van der Waals surface area contributed by atoms with Crippen LogP contribution in [0.2, 0.25) is 0 Å². The lowest BCUT2D eigenvalue weighted by atomic mass is 10.1. The molecular formula is C10H6N2O. The van der Waals surface area contributed by atoms with Crippen LogP contribution in [0, 0.1) is 22.7 Å². The molecule has 0 spiro atoms. The van der Waals surface area contributed by atoms with Gasteiger partial charge < -0.3 is 0 Å². The molecule has 0 saturated heterocycles. The Morgan fingerprint density at radius 1 is 1.38 bits per heavy atom. The van der Waals surface area contributed by atoms with Crippen LogP contribution in [0.1, 0.15) is 22.3 Å². The van der Waals surface area contributed by atoms with Crippen LogP contribution in [0.4, 0.5) is 0 Å². The van der Waals surface area contributed by atoms with Crippen LogP contribution in [-0.4, -0.2) is 5.78 Å². The van der Waals surface area contributed by atoms with Crippen LogP contribution in [-0.2, 0) is 0 Å². The molecule has 1 aromatic rings. The number of carbonyl (C=O) groups is 1. The molecule has 0 aliphatic rings. The van der Waals surface area contributed by atoms with Gasteiger partial charge in [0.1, 0.15) is 0 Å². The number of ketones is 1. The molecular weight excluding hydrogens is 164 g/mol. The normalized spacial score (nSPS) is 8.46. The number of hydrogen-bond acceptors (Lipinski definition) is 3. The number of benzene rings is 1. The molecule has 0 heterocycles. The van der Waals surface area contributed by atoms with Gasteiger partial charge in [0.05, 0.1) is 24.1 Å². The summed E-state index contributed by atoms with van der Waals surface area (Å²) in [5.41, 5.74) is 0.851. The van der Waals surface area contributed by atoms with Crippen LogP contribution in [0.5, 0.6) is 0 Å². The average Bonchev–Trinajstić information content (AvgIpc) is 2.18. The molecule has 0 radical (unpaired) electrons. The average molecular weight is 170 g/mol. The maximum Gasteiger partial charge on any atom is 0.176 e. The highest BCUT2D eigenvalue weighted by molar-refractivity contribution is 5.97. The number of rotatable bonds is 2. The lowest BCUT2D eigenvalue weighted by molar-refractivity contribution is 0.0997. The van der Waals surface area contributed by atoms with E-state index in [9.17, 15) is 4.79 Å². The van der Waals surface area contributed by atoms with Gasteiger partial charge in [-0.3, -0.25) is 4.79 Å². The highest BCUT2D eigenvalue weighted by atomic mass is 16.1. The molecule has 0 fully saturated rings. The molecule has 0 aliphatic carbocycles. The second kappa shape index (κ2) is 4.04. The summed E-state index contributed by atoms with van der Waals surface area (Å²) in [7, 11) is 0. The third-order valence-electron chi connectivity index (χ3n) is 1.55. The Balaban J connectivity index is 2.98. The Morgan fingerprint density at radius 3 is 2.77 bits per heavy atom. The number of nitrogens with zero attached hydrogens (tertiary/aromatic N) is 2. The van der Waals surface area contributed by atoms with Crippen LogP contribution in [0.3, 0.4) is 0 Å². The fourth-order valence-electron chi connectivity index (χ4n) is 0.936.